The Morgan fingerprint density at radius 2 is 2.11 bits per heavy atom. The fourth-order valence-electron chi connectivity index (χ4n) is 1.56. The van der Waals surface area contributed by atoms with Crippen molar-refractivity contribution in [1.29, 1.82) is 0 Å². The molecule has 1 aromatic carbocycles. The van der Waals surface area contributed by atoms with Crippen molar-refractivity contribution < 1.29 is 9.53 Å². The van der Waals surface area contributed by atoms with Crippen molar-refractivity contribution in [2.75, 3.05) is 14.2 Å². The summed E-state index contributed by atoms with van der Waals surface area (Å²) in [6.45, 7) is 0.530. The highest BCUT2D eigenvalue weighted by molar-refractivity contribution is 7.09. The molecule has 0 saturated carbocycles. The molecule has 0 spiro atoms. The highest BCUT2D eigenvalue weighted by Gasteiger charge is 2.12. The molecule has 1 amide bonds. The minimum atomic E-state index is -0.0205. The number of hydrogen-bond donors (Lipinski definition) is 0. The molecule has 5 heteroatoms. The predicted molar refractivity (Wildman–Crippen MR) is 70.9 cm³/mol. The molecule has 0 atom stereocenters. The molecule has 0 N–H and O–H groups in total. The van der Waals surface area contributed by atoms with E-state index in [1.165, 1.54) is 0 Å². The Labute approximate surface area is 110 Å². The van der Waals surface area contributed by atoms with Gasteiger partial charge < -0.3 is 9.64 Å². The maximum absolute atomic E-state index is 12.1. The molecule has 0 fully saturated rings. The normalized spacial score (nSPS) is 10.1. The summed E-state index contributed by atoms with van der Waals surface area (Å²) in [6.07, 6.45) is 1.74. The minimum Gasteiger partial charge on any atom is -0.497 e. The van der Waals surface area contributed by atoms with Crippen molar-refractivity contribution in [1.82, 2.24) is 9.88 Å². The zero-order valence-electron chi connectivity index (χ0n) is 10.3. The SMILES string of the molecule is COc1ccc(C(=O)N(C)Cc2nccs2)cc1. The van der Waals surface area contributed by atoms with Crippen LogP contribution in [0, 0.1) is 0 Å². The van der Waals surface area contributed by atoms with Crippen LogP contribution in [0.4, 0.5) is 0 Å². The molecule has 0 saturated heterocycles. The van der Waals surface area contributed by atoms with Crippen LogP contribution in [0.1, 0.15) is 15.4 Å². The van der Waals surface area contributed by atoms with Crippen LogP contribution in [0.25, 0.3) is 0 Å². The van der Waals surface area contributed by atoms with E-state index >= 15 is 0 Å². The number of rotatable bonds is 4. The summed E-state index contributed by atoms with van der Waals surface area (Å²) < 4.78 is 5.06. The van der Waals surface area contributed by atoms with Gasteiger partial charge in [0.25, 0.3) is 5.91 Å². The van der Waals surface area contributed by atoms with Gasteiger partial charge in [0.15, 0.2) is 0 Å². The van der Waals surface area contributed by atoms with Gasteiger partial charge in [0.1, 0.15) is 10.8 Å². The van der Waals surface area contributed by atoms with E-state index in [0.717, 1.165) is 10.8 Å². The number of ether oxygens (including phenoxy) is 1. The van der Waals surface area contributed by atoms with Crippen LogP contribution in [0.3, 0.4) is 0 Å². The van der Waals surface area contributed by atoms with Gasteiger partial charge in [-0.05, 0) is 24.3 Å². The molecule has 0 aliphatic rings. The third-order valence-corrected chi connectivity index (χ3v) is 3.30. The number of carbonyl (C=O) groups is 1. The summed E-state index contributed by atoms with van der Waals surface area (Å²) in [7, 11) is 3.37. The van der Waals surface area contributed by atoms with Gasteiger partial charge >= 0.3 is 0 Å². The number of amides is 1. The van der Waals surface area contributed by atoms with E-state index in [0.29, 0.717) is 12.1 Å². The molecule has 1 aromatic heterocycles. The van der Waals surface area contributed by atoms with E-state index in [1.807, 2.05) is 5.38 Å². The van der Waals surface area contributed by atoms with Gasteiger partial charge in [-0.25, -0.2) is 4.98 Å². The third kappa shape index (κ3) is 2.87. The summed E-state index contributed by atoms with van der Waals surface area (Å²) >= 11 is 1.54. The first kappa shape index (κ1) is 12.6. The first-order chi connectivity index (χ1) is 8.70. The smallest absolute Gasteiger partial charge is 0.253 e. The van der Waals surface area contributed by atoms with E-state index in [9.17, 15) is 4.79 Å². The lowest BCUT2D eigenvalue weighted by Gasteiger charge is -2.15. The van der Waals surface area contributed by atoms with Crippen molar-refractivity contribution in [3.8, 4) is 5.75 Å². The lowest BCUT2D eigenvalue weighted by atomic mass is 10.2. The van der Waals surface area contributed by atoms with Crippen molar-refractivity contribution in [2.24, 2.45) is 0 Å². The Morgan fingerprint density at radius 1 is 1.39 bits per heavy atom. The van der Waals surface area contributed by atoms with Crippen molar-refractivity contribution in [3.63, 3.8) is 0 Å². The van der Waals surface area contributed by atoms with E-state index < -0.39 is 0 Å². The second-order valence-electron chi connectivity index (χ2n) is 3.82. The predicted octanol–water partition coefficient (Wildman–Crippen LogP) is 2.42. The quantitative estimate of drug-likeness (QED) is 0.850. The fourth-order valence-corrected chi connectivity index (χ4v) is 2.23. The van der Waals surface area contributed by atoms with Gasteiger partial charge in [-0.3, -0.25) is 4.79 Å². The lowest BCUT2D eigenvalue weighted by molar-refractivity contribution is 0.0785. The highest BCUT2D eigenvalue weighted by Crippen LogP contribution is 2.14. The summed E-state index contributed by atoms with van der Waals surface area (Å²) in [6, 6.07) is 7.09. The Balaban J connectivity index is 2.05. The topological polar surface area (TPSA) is 42.4 Å². The zero-order chi connectivity index (χ0) is 13.0. The molecular weight excluding hydrogens is 248 g/mol. The third-order valence-electron chi connectivity index (χ3n) is 2.54. The minimum absolute atomic E-state index is 0.0205. The monoisotopic (exact) mass is 262 g/mol. The Hall–Kier alpha value is -1.88. The number of nitrogens with zero attached hydrogens (tertiary/aromatic N) is 2. The molecule has 0 radical (unpaired) electrons. The Morgan fingerprint density at radius 3 is 2.67 bits per heavy atom. The van der Waals surface area contributed by atoms with Crippen LogP contribution >= 0.6 is 11.3 Å². The highest BCUT2D eigenvalue weighted by atomic mass is 32.1. The molecule has 0 aliphatic carbocycles. The van der Waals surface area contributed by atoms with Gasteiger partial charge in [0, 0.05) is 24.2 Å². The van der Waals surface area contributed by atoms with Gasteiger partial charge in [-0.2, -0.15) is 0 Å². The maximum Gasteiger partial charge on any atom is 0.253 e. The molecule has 2 aromatic rings. The van der Waals surface area contributed by atoms with Crippen LogP contribution in [0.2, 0.25) is 0 Å². The average molecular weight is 262 g/mol. The molecule has 4 nitrogen and oxygen atoms in total. The molecule has 0 unspecified atom stereocenters. The Bertz CT molecular complexity index is 508. The second kappa shape index (κ2) is 5.64. The number of aromatic nitrogens is 1. The first-order valence-corrected chi connectivity index (χ1v) is 6.36. The van der Waals surface area contributed by atoms with E-state index in [4.69, 9.17) is 4.74 Å². The number of hydrogen-bond acceptors (Lipinski definition) is 4. The molecule has 2 rings (SSSR count). The summed E-state index contributed by atoms with van der Waals surface area (Å²) in [5, 5.41) is 2.83. The zero-order valence-corrected chi connectivity index (χ0v) is 11.1. The van der Waals surface area contributed by atoms with Gasteiger partial charge in [-0.1, -0.05) is 0 Å². The summed E-state index contributed by atoms with van der Waals surface area (Å²) in [5.74, 6) is 0.724. The van der Waals surface area contributed by atoms with Crippen LogP contribution in [0.5, 0.6) is 5.75 Å². The van der Waals surface area contributed by atoms with Crippen LogP contribution in [-0.2, 0) is 6.54 Å². The standard InChI is InChI=1S/C13H14N2O2S/c1-15(9-12-14-7-8-18-12)13(16)10-3-5-11(17-2)6-4-10/h3-8H,9H2,1-2H3. The average Bonchev–Trinajstić information content (AvgIpc) is 2.91. The molecule has 18 heavy (non-hydrogen) atoms. The second-order valence-corrected chi connectivity index (χ2v) is 4.79. The van der Waals surface area contributed by atoms with Gasteiger partial charge in [0.2, 0.25) is 0 Å². The molecular formula is C13H14N2O2S. The largest absolute Gasteiger partial charge is 0.497 e. The first-order valence-electron chi connectivity index (χ1n) is 5.48. The molecule has 0 bridgehead atoms. The van der Waals surface area contributed by atoms with Crippen molar-refractivity contribution in [3.05, 3.63) is 46.4 Å². The summed E-state index contributed by atoms with van der Waals surface area (Å²) in [5.41, 5.74) is 0.648. The van der Waals surface area contributed by atoms with E-state index in [2.05, 4.69) is 4.98 Å². The number of thiazole rings is 1. The van der Waals surface area contributed by atoms with Crippen molar-refractivity contribution >= 4 is 17.2 Å². The molecule has 1 heterocycles. The van der Waals surface area contributed by atoms with Crippen LogP contribution in [0.15, 0.2) is 35.8 Å². The number of benzene rings is 1. The molecule has 0 aliphatic heterocycles. The van der Waals surface area contributed by atoms with Crippen LogP contribution < -0.4 is 4.74 Å². The lowest BCUT2D eigenvalue weighted by Crippen LogP contribution is -2.26. The Kier molecular flexibility index (Phi) is 3.94. The number of carbonyl (C=O) groups excluding carboxylic acids is 1. The maximum atomic E-state index is 12.1. The van der Waals surface area contributed by atoms with Gasteiger partial charge in [-0.15, -0.1) is 11.3 Å². The fraction of sp³-hybridized carbons (Fsp3) is 0.231. The van der Waals surface area contributed by atoms with E-state index in [1.54, 1.807) is 60.9 Å². The number of methoxy groups -OCH3 is 1. The van der Waals surface area contributed by atoms with E-state index in [-0.39, 0.29) is 5.91 Å². The van der Waals surface area contributed by atoms with Crippen LogP contribution in [-0.4, -0.2) is 29.9 Å². The van der Waals surface area contributed by atoms with Crippen molar-refractivity contribution in [2.45, 2.75) is 6.54 Å². The molecule has 94 valence electrons. The van der Waals surface area contributed by atoms with Gasteiger partial charge in [0.05, 0.1) is 13.7 Å². The summed E-state index contributed by atoms with van der Waals surface area (Å²) in [4.78, 5) is 18.0.